The molecule has 0 radical (unpaired) electrons. The molecule has 1 aromatic carbocycles. The lowest BCUT2D eigenvalue weighted by Crippen LogP contribution is -2.28. The highest BCUT2D eigenvalue weighted by molar-refractivity contribution is 5.75. The Hall–Kier alpha value is -1.98. The molecule has 2 fully saturated rings. The number of carbonyl (C=O) groups is 2. The molecule has 0 spiro atoms. The maximum Gasteiger partial charge on any atom is 0.340 e. The second kappa shape index (κ2) is 13.2. The van der Waals surface area contributed by atoms with Crippen molar-refractivity contribution >= 4 is 11.9 Å². The fourth-order valence-corrected chi connectivity index (χ4v) is 5.29. The van der Waals surface area contributed by atoms with Crippen molar-refractivity contribution in [2.45, 2.75) is 127 Å². The second-order valence-electron chi connectivity index (χ2n) is 10.0. The van der Waals surface area contributed by atoms with E-state index in [1.165, 1.54) is 11.1 Å². The summed E-state index contributed by atoms with van der Waals surface area (Å²) in [5.41, 5.74) is 2.60. The number of halogens is 2. The summed E-state index contributed by atoms with van der Waals surface area (Å²) in [7, 11) is 0. The van der Waals surface area contributed by atoms with Crippen molar-refractivity contribution in [2.24, 2.45) is 0 Å². The molecule has 0 heterocycles. The third-order valence-corrected chi connectivity index (χ3v) is 7.39. The molecule has 2 atom stereocenters. The summed E-state index contributed by atoms with van der Waals surface area (Å²) in [5, 5.41) is 0. The van der Waals surface area contributed by atoms with E-state index in [9.17, 15) is 18.4 Å². The molecule has 2 aliphatic rings. The topological polar surface area (TPSA) is 52.6 Å². The fraction of sp³-hybridized carbons (Fsp3) is 0.714. The third-order valence-electron chi connectivity index (χ3n) is 7.39. The Morgan fingerprint density at radius 2 is 1.03 bits per heavy atom. The normalized spacial score (nSPS) is 26.9. The number of rotatable bonds is 10. The minimum atomic E-state index is -1.50. The van der Waals surface area contributed by atoms with Crippen LogP contribution in [-0.4, -0.2) is 36.5 Å². The highest BCUT2D eigenvalue weighted by atomic mass is 19.1. The van der Waals surface area contributed by atoms with E-state index in [2.05, 4.69) is 24.3 Å². The smallest absolute Gasteiger partial charge is 0.340 e. The summed E-state index contributed by atoms with van der Waals surface area (Å²) < 4.78 is 38.2. The van der Waals surface area contributed by atoms with Crippen LogP contribution >= 0.6 is 0 Å². The molecule has 190 valence electrons. The summed E-state index contributed by atoms with van der Waals surface area (Å²) in [5.74, 6) is -0.533. The Balaban J connectivity index is 1.42. The Bertz CT molecular complexity index is 700. The van der Waals surface area contributed by atoms with Gasteiger partial charge in [0.15, 0.2) is 12.3 Å². The number of esters is 2. The van der Waals surface area contributed by atoms with Crippen molar-refractivity contribution in [1.82, 2.24) is 0 Å². The predicted octanol–water partition coefficient (Wildman–Crippen LogP) is 7.10. The average Bonchev–Trinajstić information content (AvgIpc) is 2.85. The van der Waals surface area contributed by atoms with Gasteiger partial charge in [0.2, 0.25) is 0 Å². The largest absolute Gasteiger partial charge is 0.460 e. The molecule has 0 amide bonds. The van der Waals surface area contributed by atoms with Gasteiger partial charge in [-0.05, 0) is 87.2 Å². The van der Waals surface area contributed by atoms with Gasteiger partial charge in [0.1, 0.15) is 12.2 Å². The van der Waals surface area contributed by atoms with Gasteiger partial charge in [0, 0.05) is 0 Å². The average molecular weight is 479 g/mol. The fourth-order valence-electron chi connectivity index (χ4n) is 5.29. The van der Waals surface area contributed by atoms with E-state index < -0.39 is 24.3 Å². The Morgan fingerprint density at radius 1 is 0.706 bits per heavy atom. The number of alkyl halides is 2. The highest BCUT2D eigenvalue weighted by Crippen LogP contribution is 2.37. The Kier molecular flexibility index (Phi) is 10.3. The van der Waals surface area contributed by atoms with Crippen molar-refractivity contribution in [1.29, 1.82) is 0 Å². The van der Waals surface area contributed by atoms with Crippen LogP contribution < -0.4 is 0 Å². The molecule has 1 aromatic rings. The van der Waals surface area contributed by atoms with Gasteiger partial charge in [-0.3, -0.25) is 0 Å². The molecule has 0 aliphatic heterocycles. The van der Waals surface area contributed by atoms with Crippen LogP contribution in [0, 0.1) is 0 Å². The first-order valence-corrected chi connectivity index (χ1v) is 13.2. The minimum Gasteiger partial charge on any atom is -0.460 e. The zero-order valence-electron chi connectivity index (χ0n) is 20.6. The zero-order valence-corrected chi connectivity index (χ0v) is 20.6. The van der Waals surface area contributed by atoms with Crippen molar-refractivity contribution in [3.05, 3.63) is 35.4 Å². The van der Waals surface area contributed by atoms with Crippen molar-refractivity contribution in [2.75, 3.05) is 0 Å². The number of benzene rings is 1. The summed E-state index contributed by atoms with van der Waals surface area (Å²) >= 11 is 0. The first kappa shape index (κ1) is 26.6. The molecule has 0 N–H and O–H groups in total. The van der Waals surface area contributed by atoms with E-state index in [0.29, 0.717) is 24.7 Å². The number of carbonyl (C=O) groups excluding carboxylic acids is 2. The molecule has 2 aliphatic carbocycles. The quantitative estimate of drug-likeness (QED) is 0.337. The molecule has 4 nitrogen and oxygen atoms in total. The van der Waals surface area contributed by atoms with Crippen LogP contribution in [0.1, 0.15) is 114 Å². The SMILES string of the molecule is CCC[C@@H](F)C(=O)O[C@H]1CC[C@H](c2ccc([C@H]3CC[C@H](OC(=O)[C@H](F)CCC)CC3)cc2)CC1. The minimum absolute atomic E-state index is 0.169. The van der Waals surface area contributed by atoms with Gasteiger partial charge in [-0.1, -0.05) is 51.0 Å². The molecular weight excluding hydrogens is 438 g/mol. The lowest BCUT2D eigenvalue weighted by atomic mass is 9.80. The van der Waals surface area contributed by atoms with Crippen LogP contribution in [0.3, 0.4) is 0 Å². The lowest BCUT2D eigenvalue weighted by Gasteiger charge is -2.30. The first-order chi connectivity index (χ1) is 16.4. The van der Waals surface area contributed by atoms with Crippen molar-refractivity contribution < 1.29 is 27.8 Å². The van der Waals surface area contributed by atoms with Crippen LogP contribution in [0.4, 0.5) is 8.78 Å². The molecule has 0 saturated heterocycles. The second-order valence-corrected chi connectivity index (χ2v) is 10.0. The molecule has 0 unspecified atom stereocenters. The van der Waals surface area contributed by atoms with Crippen LogP contribution in [0.25, 0.3) is 0 Å². The molecule has 0 aromatic heterocycles. The van der Waals surface area contributed by atoms with E-state index in [4.69, 9.17) is 9.47 Å². The van der Waals surface area contributed by atoms with Gasteiger partial charge in [-0.25, -0.2) is 18.4 Å². The van der Waals surface area contributed by atoms with E-state index in [0.717, 1.165) is 51.4 Å². The van der Waals surface area contributed by atoms with Gasteiger partial charge in [0.25, 0.3) is 0 Å². The van der Waals surface area contributed by atoms with E-state index in [1.807, 2.05) is 13.8 Å². The van der Waals surface area contributed by atoms with Gasteiger partial charge < -0.3 is 9.47 Å². The predicted molar refractivity (Wildman–Crippen MR) is 128 cm³/mol. The highest BCUT2D eigenvalue weighted by Gasteiger charge is 2.29. The molecule has 34 heavy (non-hydrogen) atoms. The van der Waals surface area contributed by atoms with Gasteiger partial charge in [-0.15, -0.1) is 0 Å². The zero-order chi connectivity index (χ0) is 24.5. The Labute approximate surface area is 202 Å². The van der Waals surface area contributed by atoms with Crippen LogP contribution in [0.15, 0.2) is 24.3 Å². The lowest BCUT2D eigenvalue weighted by molar-refractivity contribution is -0.157. The van der Waals surface area contributed by atoms with E-state index >= 15 is 0 Å². The van der Waals surface area contributed by atoms with Gasteiger partial charge >= 0.3 is 11.9 Å². The first-order valence-electron chi connectivity index (χ1n) is 13.2. The van der Waals surface area contributed by atoms with E-state index in [1.54, 1.807) is 0 Å². The number of ether oxygens (including phenoxy) is 2. The summed E-state index contributed by atoms with van der Waals surface area (Å²) in [6.07, 6.45) is 5.22. The van der Waals surface area contributed by atoms with Crippen molar-refractivity contribution in [3.8, 4) is 0 Å². The van der Waals surface area contributed by atoms with Gasteiger partial charge in [0.05, 0.1) is 0 Å². The summed E-state index contributed by atoms with van der Waals surface area (Å²) in [6, 6.07) is 8.82. The molecule has 6 heteroatoms. The summed E-state index contributed by atoms with van der Waals surface area (Å²) in [6.45, 7) is 3.71. The number of hydrogen-bond donors (Lipinski definition) is 0. The van der Waals surface area contributed by atoms with Gasteiger partial charge in [-0.2, -0.15) is 0 Å². The van der Waals surface area contributed by atoms with E-state index in [-0.39, 0.29) is 25.0 Å². The van der Waals surface area contributed by atoms with Crippen LogP contribution in [0.5, 0.6) is 0 Å². The van der Waals surface area contributed by atoms with Crippen molar-refractivity contribution in [3.63, 3.8) is 0 Å². The Morgan fingerprint density at radius 3 is 1.32 bits per heavy atom. The molecule has 2 saturated carbocycles. The standard InChI is InChI=1S/C28H40F2O4/c1-3-5-25(29)27(31)33-23-15-11-21(12-16-23)19-7-9-20(10-8-19)22-13-17-24(18-14-22)34-28(32)26(30)6-4-2/h7-10,21-26H,3-6,11-18H2,1-2H3/t21-,22-,23-,24-,25-,26-/m1/s1. The third kappa shape index (κ3) is 7.51. The maximum atomic E-state index is 13.7. The van der Waals surface area contributed by atoms with Crippen LogP contribution in [-0.2, 0) is 19.1 Å². The summed E-state index contributed by atoms with van der Waals surface area (Å²) in [4.78, 5) is 23.7. The molecule has 3 rings (SSSR count). The molecule has 0 bridgehead atoms. The maximum absolute atomic E-state index is 13.7. The number of hydrogen-bond acceptors (Lipinski definition) is 4. The van der Waals surface area contributed by atoms with Crippen LogP contribution in [0.2, 0.25) is 0 Å². The molecular formula is C28H40F2O4. The monoisotopic (exact) mass is 478 g/mol.